The smallest absolute Gasteiger partial charge is 0.256 e. The van der Waals surface area contributed by atoms with Crippen molar-refractivity contribution in [3.05, 3.63) is 71.3 Å². The standard InChI is InChI=1S/C24H23NO3/c25-15-16-6-8-20(9-7-16)23(19-4-2-1-3-5-19)26-24(28-27-23)21-11-17-10-18(13-21)14-22(24)12-17/h1-9,17-18,21-22H,10-14H2. The maximum atomic E-state index is 9.17. The first-order chi connectivity index (χ1) is 13.7. The SMILES string of the molecule is N#Cc1ccc(C2(c3ccccc3)OOC3(O2)C2CC4CC(C2)CC3C4)cc1. The molecular weight excluding hydrogens is 350 g/mol. The van der Waals surface area contributed by atoms with E-state index in [1.54, 1.807) is 0 Å². The Hall–Kier alpha value is -2.19. The molecule has 142 valence electrons. The number of rotatable bonds is 2. The Kier molecular flexibility index (Phi) is 3.53. The normalized spacial score (nSPS) is 40.7. The Morgan fingerprint density at radius 1 is 0.750 bits per heavy atom. The van der Waals surface area contributed by atoms with Crippen molar-refractivity contribution < 1.29 is 14.5 Å². The van der Waals surface area contributed by atoms with E-state index in [1.165, 1.54) is 32.1 Å². The van der Waals surface area contributed by atoms with Gasteiger partial charge < -0.3 is 4.74 Å². The van der Waals surface area contributed by atoms with Crippen LogP contribution in [0.3, 0.4) is 0 Å². The molecule has 7 rings (SSSR count). The van der Waals surface area contributed by atoms with Gasteiger partial charge in [-0.2, -0.15) is 15.0 Å². The van der Waals surface area contributed by atoms with Gasteiger partial charge in [-0.15, -0.1) is 0 Å². The minimum atomic E-state index is -1.09. The molecule has 5 fully saturated rings. The number of hydrogen-bond donors (Lipinski definition) is 0. The van der Waals surface area contributed by atoms with Crippen molar-refractivity contribution in [3.63, 3.8) is 0 Å². The van der Waals surface area contributed by atoms with Gasteiger partial charge in [0.25, 0.3) is 5.79 Å². The fraction of sp³-hybridized carbons (Fsp3) is 0.458. The topological polar surface area (TPSA) is 51.5 Å². The lowest BCUT2D eigenvalue weighted by Gasteiger charge is -2.57. The third-order valence-corrected chi connectivity index (χ3v) is 7.42. The average Bonchev–Trinajstić information content (AvgIpc) is 3.15. The highest BCUT2D eigenvalue weighted by molar-refractivity contribution is 5.39. The van der Waals surface area contributed by atoms with Crippen LogP contribution in [0.4, 0.5) is 0 Å². The lowest BCUT2D eigenvalue weighted by molar-refractivity contribution is -0.387. The molecule has 4 aliphatic carbocycles. The molecule has 2 aromatic carbocycles. The zero-order chi connectivity index (χ0) is 18.8. The van der Waals surface area contributed by atoms with Crippen LogP contribution < -0.4 is 0 Å². The van der Waals surface area contributed by atoms with E-state index < -0.39 is 11.6 Å². The summed E-state index contributed by atoms with van der Waals surface area (Å²) >= 11 is 0. The number of ether oxygens (including phenoxy) is 1. The molecule has 4 bridgehead atoms. The summed E-state index contributed by atoms with van der Waals surface area (Å²) in [5, 5.41) is 9.17. The highest BCUT2D eigenvalue weighted by Crippen LogP contribution is 2.64. The van der Waals surface area contributed by atoms with Crippen LogP contribution in [-0.4, -0.2) is 5.79 Å². The fourth-order valence-corrected chi connectivity index (χ4v) is 6.33. The predicted molar refractivity (Wildman–Crippen MR) is 101 cm³/mol. The molecule has 5 aliphatic rings. The molecule has 1 saturated heterocycles. The number of hydrogen-bond acceptors (Lipinski definition) is 4. The third-order valence-electron chi connectivity index (χ3n) is 7.42. The summed E-state index contributed by atoms with van der Waals surface area (Å²) in [6.07, 6.45) is 6.08. The van der Waals surface area contributed by atoms with E-state index in [9.17, 15) is 5.26 Å². The Balaban J connectivity index is 1.45. The zero-order valence-corrected chi connectivity index (χ0v) is 15.7. The number of nitrogens with zero attached hydrogens (tertiary/aromatic N) is 1. The van der Waals surface area contributed by atoms with Crippen molar-refractivity contribution in [1.82, 2.24) is 0 Å². The van der Waals surface area contributed by atoms with Crippen LogP contribution in [0, 0.1) is 35.0 Å². The minimum Gasteiger partial charge on any atom is -0.304 e. The molecule has 4 saturated carbocycles. The monoisotopic (exact) mass is 373 g/mol. The molecule has 2 aromatic rings. The molecule has 1 atom stereocenters. The first-order valence-corrected chi connectivity index (χ1v) is 10.3. The summed E-state index contributed by atoms with van der Waals surface area (Å²) in [6, 6.07) is 19.7. The number of benzene rings is 2. The van der Waals surface area contributed by atoms with Crippen molar-refractivity contribution >= 4 is 0 Å². The van der Waals surface area contributed by atoms with Gasteiger partial charge in [-0.1, -0.05) is 42.5 Å². The van der Waals surface area contributed by atoms with Gasteiger partial charge in [0.1, 0.15) is 0 Å². The summed E-state index contributed by atoms with van der Waals surface area (Å²) in [5.74, 6) is 0.686. The van der Waals surface area contributed by atoms with Gasteiger partial charge in [-0.05, 0) is 56.1 Å². The van der Waals surface area contributed by atoms with Crippen LogP contribution in [0.25, 0.3) is 0 Å². The van der Waals surface area contributed by atoms with Crippen LogP contribution in [0.2, 0.25) is 0 Å². The molecule has 0 aromatic heterocycles. The fourth-order valence-electron chi connectivity index (χ4n) is 6.33. The van der Waals surface area contributed by atoms with Gasteiger partial charge in [-0.25, -0.2) is 0 Å². The van der Waals surface area contributed by atoms with E-state index in [1.807, 2.05) is 54.6 Å². The van der Waals surface area contributed by atoms with Crippen LogP contribution in [-0.2, 0) is 20.3 Å². The van der Waals surface area contributed by atoms with Crippen molar-refractivity contribution in [2.45, 2.75) is 43.7 Å². The maximum absolute atomic E-state index is 9.17. The first-order valence-electron chi connectivity index (χ1n) is 10.3. The third kappa shape index (κ3) is 2.21. The molecule has 0 N–H and O–H groups in total. The van der Waals surface area contributed by atoms with Crippen LogP contribution in [0.15, 0.2) is 54.6 Å². The molecule has 4 nitrogen and oxygen atoms in total. The lowest BCUT2D eigenvalue weighted by atomic mass is 9.53. The van der Waals surface area contributed by atoms with Gasteiger partial charge >= 0.3 is 0 Å². The molecule has 1 unspecified atom stereocenters. The minimum absolute atomic E-state index is 0.396. The molecule has 0 amide bonds. The molecular formula is C24H23NO3. The molecule has 1 aliphatic heterocycles. The van der Waals surface area contributed by atoms with E-state index in [0.29, 0.717) is 17.4 Å². The van der Waals surface area contributed by atoms with Gasteiger partial charge in [-0.3, -0.25) is 0 Å². The largest absolute Gasteiger partial charge is 0.304 e. The zero-order valence-electron chi connectivity index (χ0n) is 15.7. The Bertz CT molecular complexity index is 905. The van der Waals surface area contributed by atoms with Gasteiger partial charge in [0.05, 0.1) is 11.6 Å². The summed E-state index contributed by atoms with van der Waals surface area (Å²) < 4.78 is 6.93. The lowest BCUT2D eigenvalue weighted by Crippen LogP contribution is -2.59. The first kappa shape index (κ1) is 16.7. The Morgan fingerprint density at radius 3 is 1.96 bits per heavy atom. The van der Waals surface area contributed by atoms with Crippen LogP contribution >= 0.6 is 0 Å². The second-order valence-electron chi connectivity index (χ2n) is 8.97. The van der Waals surface area contributed by atoms with Crippen molar-refractivity contribution in [3.8, 4) is 6.07 Å². The van der Waals surface area contributed by atoms with Gasteiger partial charge in [0.2, 0.25) is 5.79 Å². The molecule has 0 radical (unpaired) electrons. The van der Waals surface area contributed by atoms with Gasteiger partial charge in [0.15, 0.2) is 0 Å². The summed E-state index contributed by atoms with van der Waals surface area (Å²) in [4.78, 5) is 12.4. The molecule has 4 heteroatoms. The predicted octanol–water partition coefficient (Wildman–Crippen LogP) is 4.89. The molecule has 1 spiro atoms. The van der Waals surface area contributed by atoms with E-state index in [2.05, 4.69) is 6.07 Å². The van der Waals surface area contributed by atoms with Crippen molar-refractivity contribution in [2.75, 3.05) is 0 Å². The Labute approximate surface area is 165 Å². The van der Waals surface area contributed by atoms with E-state index in [-0.39, 0.29) is 0 Å². The maximum Gasteiger partial charge on any atom is 0.256 e. The van der Waals surface area contributed by atoms with Gasteiger partial charge in [0, 0.05) is 23.0 Å². The van der Waals surface area contributed by atoms with E-state index >= 15 is 0 Å². The number of nitriles is 1. The van der Waals surface area contributed by atoms with Crippen LogP contribution in [0.5, 0.6) is 0 Å². The summed E-state index contributed by atoms with van der Waals surface area (Å²) in [7, 11) is 0. The van der Waals surface area contributed by atoms with Crippen molar-refractivity contribution in [1.29, 1.82) is 5.26 Å². The molecule has 1 heterocycles. The highest BCUT2D eigenvalue weighted by atomic mass is 17.3. The van der Waals surface area contributed by atoms with Crippen LogP contribution in [0.1, 0.15) is 48.8 Å². The second kappa shape index (κ2) is 5.90. The van der Waals surface area contributed by atoms with Crippen molar-refractivity contribution in [2.24, 2.45) is 23.7 Å². The van der Waals surface area contributed by atoms with E-state index in [0.717, 1.165) is 23.0 Å². The molecule has 28 heavy (non-hydrogen) atoms. The second-order valence-corrected chi connectivity index (χ2v) is 8.97. The van der Waals surface area contributed by atoms with E-state index in [4.69, 9.17) is 14.5 Å². The summed E-state index contributed by atoms with van der Waals surface area (Å²) in [6.45, 7) is 0. The Morgan fingerprint density at radius 2 is 1.36 bits per heavy atom. The quantitative estimate of drug-likeness (QED) is 0.703. The average molecular weight is 373 g/mol. The summed E-state index contributed by atoms with van der Waals surface area (Å²) in [5.41, 5.74) is 2.41. The highest BCUT2D eigenvalue weighted by Gasteiger charge is 2.67.